The highest BCUT2D eigenvalue weighted by molar-refractivity contribution is 6.00. The van der Waals surface area contributed by atoms with E-state index in [1.54, 1.807) is 6.92 Å². The van der Waals surface area contributed by atoms with Crippen LogP contribution in [0.5, 0.6) is 5.75 Å². The molecular formula is C24H25NO3. The van der Waals surface area contributed by atoms with E-state index in [1.165, 1.54) is 6.42 Å². The lowest BCUT2D eigenvalue weighted by Crippen LogP contribution is -2.35. The number of carbonyl (C=O) groups excluding carboxylic acids is 2. The van der Waals surface area contributed by atoms with Crippen molar-refractivity contribution in [3.05, 3.63) is 65.2 Å². The highest BCUT2D eigenvalue weighted by Gasteiger charge is 2.24. The molecule has 2 aliphatic rings. The zero-order chi connectivity index (χ0) is 19.5. The number of amides is 1. The average molecular weight is 375 g/mol. The molecule has 1 aliphatic carbocycles. The molecule has 2 aromatic rings. The maximum Gasteiger partial charge on any atom is 0.247 e. The van der Waals surface area contributed by atoms with Crippen LogP contribution >= 0.6 is 0 Å². The van der Waals surface area contributed by atoms with Gasteiger partial charge < -0.3 is 10.1 Å². The second kappa shape index (κ2) is 8.01. The Morgan fingerprint density at radius 1 is 1.14 bits per heavy atom. The maximum atomic E-state index is 12.3. The SMILES string of the molecule is CC(=O)c1ccccc1-c1ccc2c(c1)CC(CNC(=O)C1=CCCCC1)O2. The summed E-state index contributed by atoms with van der Waals surface area (Å²) in [6.07, 6.45) is 6.89. The molecule has 28 heavy (non-hydrogen) atoms. The molecule has 4 heteroatoms. The zero-order valence-corrected chi connectivity index (χ0v) is 16.2. The van der Waals surface area contributed by atoms with E-state index in [-0.39, 0.29) is 17.8 Å². The van der Waals surface area contributed by atoms with Crippen molar-refractivity contribution in [3.63, 3.8) is 0 Å². The number of benzene rings is 2. The Morgan fingerprint density at radius 2 is 2.00 bits per heavy atom. The van der Waals surface area contributed by atoms with Crippen LogP contribution in [0.25, 0.3) is 11.1 Å². The maximum absolute atomic E-state index is 12.3. The average Bonchev–Trinajstić information content (AvgIpc) is 3.14. The molecule has 0 radical (unpaired) electrons. The second-order valence-electron chi connectivity index (χ2n) is 7.55. The molecule has 1 amide bonds. The third kappa shape index (κ3) is 3.86. The first-order valence-corrected chi connectivity index (χ1v) is 9.99. The number of nitrogens with one attached hydrogen (secondary N) is 1. The largest absolute Gasteiger partial charge is 0.488 e. The molecule has 0 saturated carbocycles. The normalized spacial score (nSPS) is 18.0. The Bertz CT molecular complexity index is 945. The van der Waals surface area contributed by atoms with Crippen molar-refractivity contribution in [1.82, 2.24) is 5.32 Å². The molecule has 1 unspecified atom stereocenters. The molecule has 4 rings (SSSR count). The summed E-state index contributed by atoms with van der Waals surface area (Å²) in [5.41, 5.74) is 4.71. The monoisotopic (exact) mass is 375 g/mol. The molecule has 4 nitrogen and oxygen atoms in total. The molecule has 1 atom stereocenters. The van der Waals surface area contributed by atoms with Crippen molar-refractivity contribution in [2.75, 3.05) is 6.54 Å². The molecule has 144 valence electrons. The number of ether oxygens (including phenoxy) is 1. The summed E-state index contributed by atoms with van der Waals surface area (Å²) in [4.78, 5) is 24.2. The zero-order valence-electron chi connectivity index (χ0n) is 16.2. The van der Waals surface area contributed by atoms with Crippen LogP contribution in [-0.4, -0.2) is 24.3 Å². The summed E-state index contributed by atoms with van der Waals surface area (Å²) in [7, 11) is 0. The van der Waals surface area contributed by atoms with Gasteiger partial charge in [-0.15, -0.1) is 0 Å². The molecule has 1 aliphatic heterocycles. The van der Waals surface area contributed by atoms with E-state index in [1.807, 2.05) is 36.4 Å². The molecule has 0 fully saturated rings. The van der Waals surface area contributed by atoms with Crippen LogP contribution in [0.3, 0.4) is 0 Å². The lowest BCUT2D eigenvalue weighted by molar-refractivity contribution is -0.118. The van der Waals surface area contributed by atoms with Gasteiger partial charge in [-0.1, -0.05) is 36.4 Å². The van der Waals surface area contributed by atoms with E-state index in [4.69, 9.17) is 4.74 Å². The molecule has 2 aromatic carbocycles. The van der Waals surface area contributed by atoms with Crippen molar-refractivity contribution < 1.29 is 14.3 Å². The van der Waals surface area contributed by atoms with E-state index < -0.39 is 0 Å². The van der Waals surface area contributed by atoms with E-state index in [9.17, 15) is 9.59 Å². The summed E-state index contributed by atoms with van der Waals surface area (Å²) in [5, 5.41) is 3.02. The van der Waals surface area contributed by atoms with E-state index in [0.717, 1.165) is 59.3 Å². The van der Waals surface area contributed by atoms with Gasteiger partial charge in [0, 0.05) is 17.6 Å². The van der Waals surface area contributed by atoms with Crippen LogP contribution < -0.4 is 10.1 Å². The fraction of sp³-hybridized carbons (Fsp3) is 0.333. The van der Waals surface area contributed by atoms with E-state index in [2.05, 4.69) is 17.5 Å². The summed E-state index contributed by atoms with van der Waals surface area (Å²) >= 11 is 0. The smallest absolute Gasteiger partial charge is 0.247 e. The third-order valence-corrected chi connectivity index (χ3v) is 5.49. The number of hydrogen-bond acceptors (Lipinski definition) is 3. The Hall–Kier alpha value is -2.88. The first kappa shape index (κ1) is 18.5. The van der Waals surface area contributed by atoms with Crippen LogP contribution in [0.4, 0.5) is 0 Å². The van der Waals surface area contributed by atoms with Crippen LogP contribution in [0.2, 0.25) is 0 Å². The predicted molar refractivity (Wildman–Crippen MR) is 110 cm³/mol. The molecule has 1 heterocycles. The van der Waals surface area contributed by atoms with Gasteiger partial charge in [0.15, 0.2) is 5.78 Å². The van der Waals surface area contributed by atoms with E-state index in [0.29, 0.717) is 6.54 Å². The number of hydrogen-bond donors (Lipinski definition) is 1. The highest BCUT2D eigenvalue weighted by atomic mass is 16.5. The van der Waals surface area contributed by atoms with Crippen molar-refractivity contribution in [2.45, 2.75) is 45.1 Å². The number of allylic oxidation sites excluding steroid dienone is 1. The summed E-state index contributed by atoms with van der Waals surface area (Å²) in [5.74, 6) is 0.959. The quantitative estimate of drug-likeness (QED) is 0.784. The van der Waals surface area contributed by atoms with Gasteiger partial charge in [0.2, 0.25) is 5.91 Å². The lowest BCUT2D eigenvalue weighted by atomic mass is 9.95. The van der Waals surface area contributed by atoms with Gasteiger partial charge in [0.1, 0.15) is 11.9 Å². The van der Waals surface area contributed by atoms with Crippen LogP contribution in [0.1, 0.15) is 48.5 Å². The van der Waals surface area contributed by atoms with Crippen molar-refractivity contribution in [1.29, 1.82) is 0 Å². The van der Waals surface area contributed by atoms with Gasteiger partial charge in [-0.25, -0.2) is 0 Å². The molecule has 0 spiro atoms. The van der Waals surface area contributed by atoms with Crippen molar-refractivity contribution in [3.8, 4) is 16.9 Å². The fourth-order valence-electron chi connectivity index (χ4n) is 4.01. The van der Waals surface area contributed by atoms with Gasteiger partial charge >= 0.3 is 0 Å². The minimum absolute atomic E-state index is 0.0373. The first-order chi connectivity index (χ1) is 13.6. The number of fused-ring (bicyclic) bond motifs is 1. The van der Waals surface area contributed by atoms with Crippen LogP contribution in [0, 0.1) is 0 Å². The molecule has 0 bridgehead atoms. The Morgan fingerprint density at radius 3 is 2.79 bits per heavy atom. The van der Waals surface area contributed by atoms with Gasteiger partial charge in [0.05, 0.1) is 6.54 Å². The topological polar surface area (TPSA) is 55.4 Å². The minimum atomic E-state index is -0.0542. The fourth-order valence-corrected chi connectivity index (χ4v) is 4.01. The van der Waals surface area contributed by atoms with E-state index >= 15 is 0 Å². The van der Waals surface area contributed by atoms with Crippen LogP contribution in [-0.2, 0) is 11.2 Å². The third-order valence-electron chi connectivity index (χ3n) is 5.49. The molecule has 0 saturated heterocycles. The van der Waals surface area contributed by atoms with Gasteiger partial charge in [-0.05, 0) is 61.4 Å². The Balaban J connectivity index is 1.44. The van der Waals surface area contributed by atoms with Gasteiger partial charge in [0.25, 0.3) is 0 Å². The summed E-state index contributed by atoms with van der Waals surface area (Å²) in [6, 6.07) is 13.7. The number of ketones is 1. The first-order valence-electron chi connectivity index (χ1n) is 9.99. The Kier molecular flexibility index (Phi) is 5.29. The molecule has 1 N–H and O–H groups in total. The van der Waals surface area contributed by atoms with Crippen molar-refractivity contribution >= 4 is 11.7 Å². The van der Waals surface area contributed by atoms with Gasteiger partial charge in [-0.3, -0.25) is 9.59 Å². The van der Waals surface area contributed by atoms with Crippen LogP contribution in [0.15, 0.2) is 54.1 Å². The summed E-state index contributed by atoms with van der Waals surface area (Å²) in [6.45, 7) is 2.10. The van der Waals surface area contributed by atoms with Gasteiger partial charge in [-0.2, -0.15) is 0 Å². The summed E-state index contributed by atoms with van der Waals surface area (Å²) < 4.78 is 6.01. The molecular weight excluding hydrogens is 350 g/mol. The lowest BCUT2D eigenvalue weighted by Gasteiger charge is -2.15. The second-order valence-corrected chi connectivity index (χ2v) is 7.55. The van der Waals surface area contributed by atoms with Crippen molar-refractivity contribution in [2.24, 2.45) is 0 Å². The Labute approximate surface area is 165 Å². The number of Topliss-reactive ketones (excluding diaryl/α,β-unsaturated/α-hetero) is 1. The predicted octanol–water partition coefficient (Wildman–Crippen LogP) is 4.48. The highest BCUT2D eigenvalue weighted by Crippen LogP contribution is 2.34. The standard InChI is InChI=1S/C24H25NO3/c1-16(26)21-9-5-6-10-22(21)18-11-12-23-19(13-18)14-20(28-23)15-25-24(27)17-7-3-2-4-8-17/h5-7,9-13,20H,2-4,8,14-15H2,1H3,(H,25,27). The minimum Gasteiger partial charge on any atom is -0.488 e. The molecule has 0 aromatic heterocycles. The number of carbonyl (C=O) groups is 2. The number of rotatable bonds is 5.